The van der Waals surface area contributed by atoms with Crippen molar-refractivity contribution >= 4 is 5.69 Å². The van der Waals surface area contributed by atoms with E-state index < -0.39 is 0 Å². The van der Waals surface area contributed by atoms with Crippen LogP contribution in [-0.4, -0.2) is 13.2 Å². The standard InChI is InChI=1S/C15H15NO/c1-3-7-13(8-4-1)15-16(11-12-17-15)14-9-5-2-6-10-14/h1-10,15H,11-12H2/t15-/m1/s1. The molecular formula is C15H15NO. The Bertz CT molecular complexity index is 423. The molecule has 17 heavy (non-hydrogen) atoms. The topological polar surface area (TPSA) is 12.5 Å². The van der Waals surface area contributed by atoms with Crippen LogP contribution in [0, 0.1) is 0 Å². The number of ether oxygens (including phenoxy) is 1. The zero-order chi connectivity index (χ0) is 11.5. The molecule has 0 radical (unpaired) electrons. The summed E-state index contributed by atoms with van der Waals surface area (Å²) in [6.45, 7) is 1.73. The summed E-state index contributed by atoms with van der Waals surface area (Å²) < 4.78 is 5.83. The summed E-state index contributed by atoms with van der Waals surface area (Å²) in [5.41, 5.74) is 2.44. The third kappa shape index (κ3) is 2.04. The van der Waals surface area contributed by atoms with E-state index in [1.54, 1.807) is 0 Å². The molecule has 3 rings (SSSR count). The highest BCUT2D eigenvalue weighted by Gasteiger charge is 2.26. The van der Waals surface area contributed by atoms with Crippen LogP contribution in [0.15, 0.2) is 60.7 Å². The number of para-hydroxylation sites is 1. The Morgan fingerprint density at radius 3 is 2.24 bits per heavy atom. The minimum absolute atomic E-state index is 0.0543. The molecule has 2 aromatic rings. The van der Waals surface area contributed by atoms with Crippen LogP contribution in [0.4, 0.5) is 5.69 Å². The Morgan fingerprint density at radius 2 is 1.53 bits per heavy atom. The van der Waals surface area contributed by atoms with Gasteiger partial charge >= 0.3 is 0 Å². The number of rotatable bonds is 2. The van der Waals surface area contributed by atoms with Crippen molar-refractivity contribution in [1.29, 1.82) is 0 Å². The first-order valence-electron chi connectivity index (χ1n) is 5.93. The predicted molar refractivity (Wildman–Crippen MR) is 68.9 cm³/mol. The number of hydrogen-bond donors (Lipinski definition) is 0. The molecule has 0 amide bonds. The highest BCUT2D eigenvalue weighted by molar-refractivity contribution is 5.48. The Morgan fingerprint density at radius 1 is 0.882 bits per heavy atom. The SMILES string of the molecule is c1ccc([C@H]2OCCN2c2ccccc2)cc1. The van der Waals surface area contributed by atoms with Gasteiger partial charge in [0, 0.05) is 17.8 Å². The maximum absolute atomic E-state index is 5.83. The highest BCUT2D eigenvalue weighted by atomic mass is 16.5. The van der Waals surface area contributed by atoms with Crippen molar-refractivity contribution in [3.8, 4) is 0 Å². The van der Waals surface area contributed by atoms with E-state index >= 15 is 0 Å². The summed E-state index contributed by atoms with van der Waals surface area (Å²) in [5, 5.41) is 0. The van der Waals surface area contributed by atoms with E-state index in [1.165, 1.54) is 11.3 Å². The highest BCUT2D eigenvalue weighted by Crippen LogP contribution is 2.31. The predicted octanol–water partition coefficient (Wildman–Crippen LogP) is 3.22. The molecule has 0 N–H and O–H groups in total. The minimum Gasteiger partial charge on any atom is -0.352 e. The van der Waals surface area contributed by atoms with Crippen molar-refractivity contribution in [2.24, 2.45) is 0 Å². The van der Waals surface area contributed by atoms with Gasteiger partial charge in [-0.1, -0.05) is 48.5 Å². The molecule has 1 aliphatic rings. The summed E-state index contributed by atoms with van der Waals surface area (Å²) in [4.78, 5) is 2.30. The van der Waals surface area contributed by atoms with E-state index in [0.717, 1.165) is 13.2 Å². The molecule has 1 heterocycles. The lowest BCUT2D eigenvalue weighted by Gasteiger charge is -2.25. The molecular weight excluding hydrogens is 210 g/mol. The van der Waals surface area contributed by atoms with Crippen molar-refractivity contribution in [1.82, 2.24) is 0 Å². The third-order valence-electron chi connectivity index (χ3n) is 3.06. The molecule has 1 aliphatic heterocycles. The summed E-state index contributed by atoms with van der Waals surface area (Å²) in [6.07, 6.45) is 0.0543. The molecule has 2 nitrogen and oxygen atoms in total. The number of benzene rings is 2. The number of anilines is 1. The molecule has 86 valence electrons. The molecule has 0 unspecified atom stereocenters. The minimum atomic E-state index is 0.0543. The Labute approximate surface area is 101 Å². The van der Waals surface area contributed by atoms with Gasteiger partial charge in [-0.3, -0.25) is 0 Å². The monoisotopic (exact) mass is 225 g/mol. The molecule has 2 aromatic carbocycles. The summed E-state index contributed by atoms with van der Waals surface area (Å²) >= 11 is 0. The molecule has 1 saturated heterocycles. The van der Waals surface area contributed by atoms with Gasteiger partial charge in [0.25, 0.3) is 0 Å². The van der Waals surface area contributed by atoms with Gasteiger partial charge in [-0.2, -0.15) is 0 Å². The maximum Gasteiger partial charge on any atom is 0.156 e. The fourth-order valence-electron chi connectivity index (χ4n) is 2.25. The molecule has 1 fully saturated rings. The van der Waals surface area contributed by atoms with Crippen molar-refractivity contribution in [2.75, 3.05) is 18.1 Å². The van der Waals surface area contributed by atoms with Crippen molar-refractivity contribution < 1.29 is 4.74 Å². The van der Waals surface area contributed by atoms with Crippen LogP contribution in [0.1, 0.15) is 11.8 Å². The van der Waals surface area contributed by atoms with Gasteiger partial charge < -0.3 is 9.64 Å². The second-order valence-electron chi connectivity index (χ2n) is 4.16. The molecule has 1 atom stereocenters. The summed E-state index contributed by atoms with van der Waals surface area (Å²) in [7, 11) is 0. The fourth-order valence-corrected chi connectivity index (χ4v) is 2.25. The first-order valence-corrected chi connectivity index (χ1v) is 5.93. The molecule has 0 bridgehead atoms. The van der Waals surface area contributed by atoms with Gasteiger partial charge in [-0.05, 0) is 12.1 Å². The second kappa shape index (κ2) is 4.60. The molecule has 0 spiro atoms. The van der Waals surface area contributed by atoms with E-state index in [-0.39, 0.29) is 6.23 Å². The van der Waals surface area contributed by atoms with E-state index in [9.17, 15) is 0 Å². The van der Waals surface area contributed by atoms with E-state index in [0.29, 0.717) is 0 Å². The van der Waals surface area contributed by atoms with Crippen LogP contribution in [-0.2, 0) is 4.74 Å². The fraction of sp³-hybridized carbons (Fsp3) is 0.200. The maximum atomic E-state index is 5.83. The lowest BCUT2D eigenvalue weighted by atomic mass is 10.1. The smallest absolute Gasteiger partial charge is 0.156 e. The first kappa shape index (κ1) is 10.4. The molecule has 0 aliphatic carbocycles. The number of nitrogens with zero attached hydrogens (tertiary/aromatic N) is 1. The number of hydrogen-bond acceptors (Lipinski definition) is 2. The largest absolute Gasteiger partial charge is 0.352 e. The van der Waals surface area contributed by atoms with Gasteiger partial charge in [0.15, 0.2) is 6.23 Å². The van der Waals surface area contributed by atoms with Crippen LogP contribution in [0.3, 0.4) is 0 Å². The Balaban J connectivity index is 1.91. The van der Waals surface area contributed by atoms with Gasteiger partial charge in [-0.25, -0.2) is 0 Å². The Hall–Kier alpha value is -1.80. The Kier molecular flexibility index (Phi) is 2.80. The van der Waals surface area contributed by atoms with Gasteiger partial charge in [0.05, 0.1) is 6.61 Å². The third-order valence-corrected chi connectivity index (χ3v) is 3.06. The van der Waals surface area contributed by atoms with Crippen LogP contribution in [0.2, 0.25) is 0 Å². The summed E-state index contributed by atoms with van der Waals surface area (Å²) in [5.74, 6) is 0. The lowest BCUT2D eigenvalue weighted by molar-refractivity contribution is 0.114. The molecule has 2 heteroatoms. The molecule has 0 aromatic heterocycles. The van der Waals surface area contributed by atoms with Crippen molar-refractivity contribution in [3.05, 3.63) is 66.2 Å². The zero-order valence-electron chi connectivity index (χ0n) is 9.62. The first-order chi connectivity index (χ1) is 8.45. The van der Waals surface area contributed by atoms with Crippen LogP contribution in [0.25, 0.3) is 0 Å². The quantitative estimate of drug-likeness (QED) is 0.778. The van der Waals surface area contributed by atoms with E-state index in [4.69, 9.17) is 4.74 Å². The van der Waals surface area contributed by atoms with Crippen molar-refractivity contribution in [2.45, 2.75) is 6.23 Å². The second-order valence-corrected chi connectivity index (χ2v) is 4.16. The normalized spacial score (nSPS) is 19.5. The average Bonchev–Trinajstić information content (AvgIpc) is 2.90. The van der Waals surface area contributed by atoms with Gasteiger partial charge in [0.2, 0.25) is 0 Å². The van der Waals surface area contributed by atoms with Crippen LogP contribution >= 0.6 is 0 Å². The van der Waals surface area contributed by atoms with Crippen LogP contribution in [0.5, 0.6) is 0 Å². The van der Waals surface area contributed by atoms with Crippen LogP contribution < -0.4 is 4.90 Å². The molecule has 0 saturated carbocycles. The summed E-state index contributed by atoms with van der Waals surface area (Å²) in [6, 6.07) is 20.8. The van der Waals surface area contributed by atoms with E-state index in [1.807, 2.05) is 12.1 Å². The lowest BCUT2D eigenvalue weighted by Crippen LogP contribution is -2.23. The van der Waals surface area contributed by atoms with Gasteiger partial charge in [-0.15, -0.1) is 0 Å². The van der Waals surface area contributed by atoms with Gasteiger partial charge in [0.1, 0.15) is 0 Å². The zero-order valence-corrected chi connectivity index (χ0v) is 9.62. The van der Waals surface area contributed by atoms with Crippen molar-refractivity contribution in [3.63, 3.8) is 0 Å². The average molecular weight is 225 g/mol. The van der Waals surface area contributed by atoms with E-state index in [2.05, 4.69) is 53.4 Å².